The summed E-state index contributed by atoms with van der Waals surface area (Å²) in [7, 11) is 0. The van der Waals surface area contributed by atoms with Crippen LogP contribution < -0.4 is 4.74 Å². The van der Waals surface area contributed by atoms with Crippen molar-refractivity contribution in [2.45, 2.75) is 33.1 Å². The van der Waals surface area contributed by atoms with Crippen molar-refractivity contribution >= 4 is 11.6 Å². The van der Waals surface area contributed by atoms with Crippen LogP contribution in [0.5, 0.6) is 5.75 Å². The third-order valence-electron chi connectivity index (χ3n) is 2.33. The second-order valence-corrected chi connectivity index (χ2v) is 3.60. The van der Waals surface area contributed by atoms with Crippen LogP contribution in [-0.4, -0.2) is 6.61 Å². The largest absolute Gasteiger partial charge is 0.492 e. The molecule has 0 bridgehead atoms. The lowest BCUT2D eigenvalue weighted by atomic mass is 9.95. The summed E-state index contributed by atoms with van der Waals surface area (Å²) < 4.78 is 5.49. The summed E-state index contributed by atoms with van der Waals surface area (Å²) in [6.07, 6.45) is 1.09. The molecule has 1 unspecified atom stereocenters. The number of halogens is 1. The van der Waals surface area contributed by atoms with E-state index in [0.29, 0.717) is 5.92 Å². The molecular weight excluding hydrogens is 196 g/mol. The topological polar surface area (TPSA) is 9.23 Å². The summed E-state index contributed by atoms with van der Waals surface area (Å²) in [6, 6.07) is 5.94. The van der Waals surface area contributed by atoms with E-state index >= 15 is 0 Å². The molecule has 78 valence electrons. The first-order valence-electron chi connectivity index (χ1n) is 5.20. The van der Waals surface area contributed by atoms with Crippen LogP contribution in [0.15, 0.2) is 18.2 Å². The van der Waals surface area contributed by atoms with Gasteiger partial charge in [-0.15, -0.1) is 0 Å². The standard InChI is InChI=1S/C10H11ClO.C2H6/c1-7-5-6-12-10-8(7)3-2-4-9(10)11;1-2/h2-4,7H,5-6H2,1H3;1-2H3. The van der Waals surface area contributed by atoms with Gasteiger partial charge in [-0.05, 0) is 24.0 Å². The number of benzene rings is 1. The molecular formula is C12H17ClO. The highest BCUT2D eigenvalue weighted by molar-refractivity contribution is 6.32. The summed E-state index contributed by atoms with van der Waals surface area (Å²) in [5, 5.41) is 0.735. The molecule has 2 heteroatoms. The molecule has 14 heavy (non-hydrogen) atoms. The van der Waals surface area contributed by atoms with E-state index in [1.807, 2.05) is 26.0 Å². The second-order valence-electron chi connectivity index (χ2n) is 3.20. The van der Waals surface area contributed by atoms with Crippen molar-refractivity contribution in [2.75, 3.05) is 6.61 Å². The molecule has 1 aromatic rings. The normalized spacial score (nSPS) is 18.7. The summed E-state index contributed by atoms with van der Waals surface area (Å²) in [6.45, 7) is 7.00. The van der Waals surface area contributed by atoms with E-state index < -0.39 is 0 Å². The highest BCUT2D eigenvalue weighted by Crippen LogP contribution is 2.38. The Kier molecular flexibility index (Phi) is 4.27. The molecule has 2 rings (SSSR count). The molecule has 0 saturated heterocycles. The monoisotopic (exact) mass is 212 g/mol. The van der Waals surface area contributed by atoms with Gasteiger partial charge in [0.05, 0.1) is 11.6 Å². The summed E-state index contributed by atoms with van der Waals surface area (Å²) in [4.78, 5) is 0. The SMILES string of the molecule is CC.CC1CCOc2c(Cl)cccc21. The van der Waals surface area contributed by atoms with E-state index in [4.69, 9.17) is 16.3 Å². The van der Waals surface area contributed by atoms with Crippen LogP contribution in [0.4, 0.5) is 0 Å². The second kappa shape index (κ2) is 5.26. The lowest BCUT2D eigenvalue weighted by Gasteiger charge is -2.23. The van der Waals surface area contributed by atoms with Gasteiger partial charge in [-0.25, -0.2) is 0 Å². The maximum atomic E-state index is 5.98. The van der Waals surface area contributed by atoms with E-state index in [1.165, 1.54) is 5.56 Å². The summed E-state index contributed by atoms with van der Waals surface area (Å²) in [5.41, 5.74) is 1.24. The van der Waals surface area contributed by atoms with Gasteiger partial charge in [-0.2, -0.15) is 0 Å². The van der Waals surface area contributed by atoms with E-state index in [1.54, 1.807) is 0 Å². The van der Waals surface area contributed by atoms with Gasteiger partial charge in [0, 0.05) is 0 Å². The zero-order chi connectivity index (χ0) is 10.6. The number of fused-ring (bicyclic) bond motifs is 1. The summed E-state index contributed by atoms with van der Waals surface area (Å²) in [5.74, 6) is 1.46. The van der Waals surface area contributed by atoms with Crippen LogP contribution in [-0.2, 0) is 0 Å². The lowest BCUT2D eigenvalue weighted by molar-refractivity contribution is 0.272. The Morgan fingerprint density at radius 3 is 2.71 bits per heavy atom. The van der Waals surface area contributed by atoms with Crippen molar-refractivity contribution in [1.82, 2.24) is 0 Å². The Morgan fingerprint density at radius 1 is 1.36 bits per heavy atom. The smallest absolute Gasteiger partial charge is 0.141 e. The predicted octanol–water partition coefficient (Wildman–Crippen LogP) is 4.25. The van der Waals surface area contributed by atoms with Gasteiger partial charge in [0.1, 0.15) is 5.75 Å². The molecule has 1 atom stereocenters. The van der Waals surface area contributed by atoms with Crippen molar-refractivity contribution in [1.29, 1.82) is 0 Å². The molecule has 0 saturated carbocycles. The minimum Gasteiger partial charge on any atom is -0.492 e. The minimum atomic E-state index is 0.576. The van der Waals surface area contributed by atoms with Gasteiger partial charge >= 0.3 is 0 Å². The minimum absolute atomic E-state index is 0.576. The molecule has 0 aromatic heterocycles. The average molecular weight is 213 g/mol. The molecule has 0 amide bonds. The number of ether oxygens (including phenoxy) is 1. The van der Waals surface area contributed by atoms with E-state index in [0.717, 1.165) is 23.8 Å². The first-order valence-corrected chi connectivity index (χ1v) is 5.58. The van der Waals surface area contributed by atoms with Crippen molar-refractivity contribution in [3.05, 3.63) is 28.8 Å². The third kappa shape index (κ3) is 2.21. The first kappa shape index (κ1) is 11.4. The maximum Gasteiger partial charge on any atom is 0.141 e. The number of para-hydroxylation sites is 1. The van der Waals surface area contributed by atoms with Crippen molar-refractivity contribution in [2.24, 2.45) is 0 Å². The molecule has 0 N–H and O–H groups in total. The third-order valence-corrected chi connectivity index (χ3v) is 2.62. The Bertz CT molecular complexity index is 296. The van der Waals surface area contributed by atoms with Crippen molar-refractivity contribution < 1.29 is 4.74 Å². The molecule has 1 aliphatic rings. The fraction of sp³-hybridized carbons (Fsp3) is 0.500. The van der Waals surface area contributed by atoms with Crippen LogP contribution in [0.25, 0.3) is 0 Å². The van der Waals surface area contributed by atoms with Crippen LogP contribution in [0.3, 0.4) is 0 Å². The average Bonchev–Trinajstić information content (AvgIpc) is 2.23. The first-order chi connectivity index (χ1) is 6.79. The Balaban J connectivity index is 0.000000461. The predicted molar refractivity (Wildman–Crippen MR) is 61.3 cm³/mol. The van der Waals surface area contributed by atoms with Crippen LogP contribution in [0.2, 0.25) is 5.02 Å². The molecule has 0 radical (unpaired) electrons. The van der Waals surface area contributed by atoms with Crippen LogP contribution in [0, 0.1) is 0 Å². The van der Waals surface area contributed by atoms with Crippen LogP contribution in [0.1, 0.15) is 38.7 Å². The zero-order valence-electron chi connectivity index (χ0n) is 9.01. The molecule has 1 aliphatic heterocycles. The molecule has 0 aliphatic carbocycles. The lowest BCUT2D eigenvalue weighted by Crippen LogP contribution is -2.11. The Morgan fingerprint density at radius 2 is 2.07 bits per heavy atom. The maximum absolute atomic E-state index is 5.98. The molecule has 0 fully saturated rings. The van der Waals surface area contributed by atoms with Crippen LogP contribution >= 0.6 is 11.6 Å². The number of hydrogen-bond acceptors (Lipinski definition) is 1. The molecule has 1 nitrogen and oxygen atoms in total. The number of hydrogen-bond donors (Lipinski definition) is 0. The van der Waals surface area contributed by atoms with Gasteiger partial charge in [0.25, 0.3) is 0 Å². The van der Waals surface area contributed by atoms with E-state index in [9.17, 15) is 0 Å². The van der Waals surface area contributed by atoms with Gasteiger partial charge < -0.3 is 4.74 Å². The molecule has 1 aromatic carbocycles. The van der Waals surface area contributed by atoms with E-state index in [-0.39, 0.29) is 0 Å². The van der Waals surface area contributed by atoms with Gasteiger partial charge in [0.15, 0.2) is 0 Å². The Labute approximate surface area is 91.0 Å². The van der Waals surface area contributed by atoms with Crippen molar-refractivity contribution in [3.63, 3.8) is 0 Å². The highest BCUT2D eigenvalue weighted by atomic mass is 35.5. The Hall–Kier alpha value is -0.690. The van der Waals surface area contributed by atoms with Crippen molar-refractivity contribution in [3.8, 4) is 5.75 Å². The summed E-state index contributed by atoms with van der Waals surface area (Å²) >= 11 is 5.98. The zero-order valence-corrected chi connectivity index (χ0v) is 9.77. The highest BCUT2D eigenvalue weighted by Gasteiger charge is 2.18. The fourth-order valence-corrected chi connectivity index (χ4v) is 1.80. The van der Waals surface area contributed by atoms with Gasteiger partial charge in [-0.1, -0.05) is 44.5 Å². The fourth-order valence-electron chi connectivity index (χ4n) is 1.56. The van der Waals surface area contributed by atoms with Gasteiger partial charge in [0.2, 0.25) is 0 Å². The molecule has 0 spiro atoms. The van der Waals surface area contributed by atoms with E-state index in [2.05, 4.69) is 13.0 Å². The van der Waals surface area contributed by atoms with Gasteiger partial charge in [-0.3, -0.25) is 0 Å². The number of rotatable bonds is 0. The molecule has 1 heterocycles. The quantitative estimate of drug-likeness (QED) is 0.625.